The number of rotatable bonds is 4. The maximum Gasteiger partial charge on any atom is 0.0172 e. The molecule has 16 heavy (non-hydrogen) atoms. The molecule has 1 atom stereocenters. The van der Waals surface area contributed by atoms with Crippen molar-refractivity contribution in [3.63, 3.8) is 0 Å². The van der Waals surface area contributed by atoms with Crippen molar-refractivity contribution < 1.29 is 0 Å². The Kier molecular flexibility index (Phi) is 5.51. The van der Waals surface area contributed by atoms with E-state index in [1.54, 1.807) is 0 Å². The maximum absolute atomic E-state index is 3.82. The molecule has 1 aliphatic heterocycles. The summed E-state index contributed by atoms with van der Waals surface area (Å²) in [5.74, 6) is 2.43. The monoisotopic (exact) mass is 241 g/mol. The first-order valence-electron chi connectivity index (χ1n) is 7.23. The van der Waals surface area contributed by atoms with Crippen molar-refractivity contribution in [2.24, 2.45) is 5.92 Å². The third-order valence-corrected chi connectivity index (χ3v) is 5.73. The average molecular weight is 241 g/mol. The number of hydrogen-bond donors (Lipinski definition) is 1. The first-order valence-corrected chi connectivity index (χ1v) is 8.28. The second-order valence-electron chi connectivity index (χ2n) is 5.52. The SMILES string of the molecule is CCC1CCC(NCC2CCCCS2)CC1. The van der Waals surface area contributed by atoms with Gasteiger partial charge in [0.2, 0.25) is 0 Å². The van der Waals surface area contributed by atoms with Gasteiger partial charge in [-0.25, -0.2) is 0 Å². The summed E-state index contributed by atoms with van der Waals surface area (Å²) in [6, 6.07) is 0.838. The van der Waals surface area contributed by atoms with Crippen molar-refractivity contribution in [1.29, 1.82) is 0 Å². The summed E-state index contributed by atoms with van der Waals surface area (Å²) < 4.78 is 0. The zero-order valence-corrected chi connectivity index (χ0v) is 11.5. The Morgan fingerprint density at radius 3 is 2.50 bits per heavy atom. The van der Waals surface area contributed by atoms with Gasteiger partial charge in [0.05, 0.1) is 0 Å². The van der Waals surface area contributed by atoms with Crippen LogP contribution in [0.1, 0.15) is 58.3 Å². The fraction of sp³-hybridized carbons (Fsp3) is 1.00. The quantitative estimate of drug-likeness (QED) is 0.803. The molecule has 1 saturated carbocycles. The molecule has 2 aliphatic rings. The first-order chi connectivity index (χ1) is 7.88. The van der Waals surface area contributed by atoms with Crippen LogP contribution < -0.4 is 5.32 Å². The zero-order valence-electron chi connectivity index (χ0n) is 10.7. The molecule has 1 N–H and O–H groups in total. The molecule has 94 valence electrons. The molecule has 1 aliphatic carbocycles. The zero-order chi connectivity index (χ0) is 11.2. The fourth-order valence-electron chi connectivity index (χ4n) is 3.04. The van der Waals surface area contributed by atoms with Crippen LogP contribution in [0.15, 0.2) is 0 Å². The van der Waals surface area contributed by atoms with E-state index in [1.165, 1.54) is 63.7 Å². The summed E-state index contributed by atoms with van der Waals surface area (Å²) >= 11 is 2.19. The molecule has 2 fully saturated rings. The highest BCUT2D eigenvalue weighted by atomic mass is 32.2. The molecule has 1 heterocycles. The molecule has 0 spiro atoms. The van der Waals surface area contributed by atoms with E-state index in [1.807, 2.05) is 0 Å². The van der Waals surface area contributed by atoms with Crippen molar-refractivity contribution in [2.45, 2.75) is 69.6 Å². The average Bonchev–Trinajstić information content (AvgIpc) is 2.38. The van der Waals surface area contributed by atoms with Gasteiger partial charge >= 0.3 is 0 Å². The summed E-state index contributed by atoms with van der Waals surface area (Å²) in [7, 11) is 0. The molecule has 0 aromatic heterocycles. The Labute approximate surface area is 105 Å². The van der Waals surface area contributed by atoms with E-state index in [2.05, 4.69) is 24.0 Å². The highest BCUT2D eigenvalue weighted by Gasteiger charge is 2.21. The Morgan fingerprint density at radius 2 is 1.88 bits per heavy atom. The van der Waals surface area contributed by atoms with Gasteiger partial charge in [0, 0.05) is 17.8 Å². The van der Waals surface area contributed by atoms with Gasteiger partial charge < -0.3 is 5.32 Å². The van der Waals surface area contributed by atoms with E-state index < -0.39 is 0 Å². The Hall–Kier alpha value is 0.310. The summed E-state index contributed by atoms with van der Waals surface area (Å²) in [5, 5.41) is 4.73. The predicted octanol–water partition coefficient (Wildman–Crippen LogP) is 3.83. The van der Waals surface area contributed by atoms with E-state index in [9.17, 15) is 0 Å². The van der Waals surface area contributed by atoms with E-state index in [0.717, 1.165) is 17.2 Å². The van der Waals surface area contributed by atoms with Gasteiger partial charge in [-0.1, -0.05) is 19.8 Å². The van der Waals surface area contributed by atoms with Crippen LogP contribution in [0.4, 0.5) is 0 Å². The van der Waals surface area contributed by atoms with Gasteiger partial charge in [0.15, 0.2) is 0 Å². The molecule has 1 unspecified atom stereocenters. The van der Waals surface area contributed by atoms with Crippen LogP contribution in [-0.4, -0.2) is 23.6 Å². The van der Waals surface area contributed by atoms with Crippen molar-refractivity contribution in [1.82, 2.24) is 5.32 Å². The van der Waals surface area contributed by atoms with Gasteiger partial charge in [-0.15, -0.1) is 0 Å². The van der Waals surface area contributed by atoms with Gasteiger partial charge in [-0.2, -0.15) is 11.8 Å². The first kappa shape index (κ1) is 12.8. The van der Waals surface area contributed by atoms with Crippen LogP contribution in [0.2, 0.25) is 0 Å². The Morgan fingerprint density at radius 1 is 1.06 bits per heavy atom. The summed E-state index contributed by atoms with van der Waals surface area (Å²) in [4.78, 5) is 0. The topological polar surface area (TPSA) is 12.0 Å². The molecule has 1 nitrogen and oxygen atoms in total. The molecule has 0 bridgehead atoms. The number of hydrogen-bond acceptors (Lipinski definition) is 2. The number of thioether (sulfide) groups is 1. The van der Waals surface area contributed by atoms with Gasteiger partial charge in [0.25, 0.3) is 0 Å². The minimum absolute atomic E-state index is 0.838. The van der Waals surface area contributed by atoms with Gasteiger partial charge in [-0.3, -0.25) is 0 Å². The van der Waals surface area contributed by atoms with Gasteiger partial charge in [-0.05, 0) is 50.2 Å². The van der Waals surface area contributed by atoms with Gasteiger partial charge in [0.1, 0.15) is 0 Å². The lowest BCUT2D eigenvalue weighted by molar-refractivity contribution is 0.286. The van der Waals surface area contributed by atoms with Crippen LogP contribution in [0, 0.1) is 5.92 Å². The van der Waals surface area contributed by atoms with Crippen LogP contribution in [0.3, 0.4) is 0 Å². The molecule has 1 saturated heterocycles. The fourth-order valence-corrected chi connectivity index (χ4v) is 4.29. The van der Waals surface area contributed by atoms with Crippen LogP contribution >= 0.6 is 11.8 Å². The molecule has 0 aromatic rings. The highest BCUT2D eigenvalue weighted by Crippen LogP contribution is 2.28. The molecule has 2 rings (SSSR count). The van der Waals surface area contributed by atoms with Crippen molar-refractivity contribution in [2.75, 3.05) is 12.3 Å². The smallest absolute Gasteiger partial charge is 0.0172 e. The Bertz CT molecular complexity index is 181. The molecule has 0 aromatic carbocycles. The van der Waals surface area contributed by atoms with E-state index in [4.69, 9.17) is 0 Å². The minimum Gasteiger partial charge on any atom is -0.313 e. The van der Waals surface area contributed by atoms with Crippen molar-refractivity contribution >= 4 is 11.8 Å². The minimum atomic E-state index is 0.838. The lowest BCUT2D eigenvalue weighted by Crippen LogP contribution is -2.37. The standard InChI is InChI=1S/C14H27NS/c1-2-12-6-8-13(9-7-12)15-11-14-5-3-4-10-16-14/h12-15H,2-11H2,1H3. The van der Waals surface area contributed by atoms with Crippen molar-refractivity contribution in [3.05, 3.63) is 0 Å². The Balaban J connectivity index is 1.59. The van der Waals surface area contributed by atoms with E-state index in [0.29, 0.717) is 0 Å². The van der Waals surface area contributed by atoms with Crippen LogP contribution in [0.25, 0.3) is 0 Å². The second kappa shape index (κ2) is 6.90. The van der Waals surface area contributed by atoms with Crippen molar-refractivity contribution in [3.8, 4) is 0 Å². The summed E-state index contributed by atoms with van der Waals surface area (Å²) in [6.07, 6.45) is 11.5. The van der Waals surface area contributed by atoms with E-state index >= 15 is 0 Å². The largest absolute Gasteiger partial charge is 0.313 e. The predicted molar refractivity (Wildman–Crippen MR) is 74.1 cm³/mol. The molecule has 0 radical (unpaired) electrons. The third kappa shape index (κ3) is 3.96. The molecular formula is C14H27NS. The van der Waals surface area contributed by atoms with Crippen LogP contribution in [0.5, 0.6) is 0 Å². The number of nitrogens with one attached hydrogen (secondary N) is 1. The third-order valence-electron chi connectivity index (χ3n) is 4.33. The van der Waals surface area contributed by atoms with Crippen LogP contribution in [-0.2, 0) is 0 Å². The molecular weight excluding hydrogens is 214 g/mol. The molecule has 0 amide bonds. The lowest BCUT2D eigenvalue weighted by Gasteiger charge is -2.30. The maximum atomic E-state index is 3.82. The molecule has 2 heteroatoms. The summed E-state index contributed by atoms with van der Waals surface area (Å²) in [5.41, 5.74) is 0. The van der Waals surface area contributed by atoms with E-state index in [-0.39, 0.29) is 0 Å². The normalized spacial score (nSPS) is 36.2. The highest BCUT2D eigenvalue weighted by molar-refractivity contribution is 7.99. The summed E-state index contributed by atoms with van der Waals surface area (Å²) in [6.45, 7) is 3.61. The lowest BCUT2D eigenvalue weighted by atomic mass is 9.84. The second-order valence-corrected chi connectivity index (χ2v) is 6.93.